The van der Waals surface area contributed by atoms with Crippen LogP contribution >= 0.6 is 12.4 Å². The van der Waals surface area contributed by atoms with E-state index < -0.39 is 0 Å². The Morgan fingerprint density at radius 2 is 1.83 bits per heavy atom. The zero-order valence-corrected chi connectivity index (χ0v) is 17.1. The molecule has 3 rings (SSSR count). The molecular formula is C22H27ClN4O2. The number of nitrogens with zero attached hydrogens (tertiary/aromatic N) is 3. The molecule has 2 heterocycles. The van der Waals surface area contributed by atoms with Crippen LogP contribution in [0, 0.1) is 0 Å². The highest BCUT2D eigenvalue weighted by atomic mass is 35.5. The fourth-order valence-corrected chi connectivity index (χ4v) is 3.17. The second-order valence-corrected chi connectivity index (χ2v) is 6.71. The molecule has 1 fully saturated rings. The number of pyridine rings is 1. The molecule has 1 aromatic heterocycles. The van der Waals surface area contributed by atoms with Crippen molar-refractivity contribution in [3.63, 3.8) is 0 Å². The molecule has 1 amide bonds. The van der Waals surface area contributed by atoms with Crippen LogP contribution in [0.5, 0.6) is 0 Å². The number of carbonyl (C=O) groups is 1. The topological polar surface area (TPSA) is 68.7 Å². The maximum absolute atomic E-state index is 12.5. The minimum atomic E-state index is 0. The Morgan fingerprint density at radius 3 is 2.55 bits per heavy atom. The van der Waals surface area contributed by atoms with Gasteiger partial charge in [0, 0.05) is 57.1 Å². The van der Waals surface area contributed by atoms with Crippen LogP contribution in [-0.2, 0) is 17.8 Å². The fraction of sp³-hybridized carbons (Fsp3) is 0.273. The Morgan fingerprint density at radius 1 is 1.07 bits per heavy atom. The van der Waals surface area contributed by atoms with Gasteiger partial charge >= 0.3 is 0 Å². The van der Waals surface area contributed by atoms with Crippen LogP contribution in [0.2, 0.25) is 0 Å². The van der Waals surface area contributed by atoms with Gasteiger partial charge in [-0.25, -0.2) is 0 Å². The first kappa shape index (κ1) is 22.6. The number of hydrogen-bond acceptors (Lipinski definition) is 5. The molecule has 1 saturated heterocycles. The van der Waals surface area contributed by atoms with Crippen LogP contribution < -0.4 is 5.48 Å². The zero-order chi connectivity index (χ0) is 19.6. The minimum Gasteiger partial charge on any atom is -0.337 e. The van der Waals surface area contributed by atoms with Crippen LogP contribution in [0.25, 0.3) is 6.08 Å². The van der Waals surface area contributed by atoms with Gasteiger partial charge in [-0.2, -0.15) is 0 Å². The van der Waals surface area contributed by atoms with Crippen molar-refractivity contribution in [3.8, 4) is 0 Å². The number of benzene rings is 1. The van der Waals surface area contributed by atoms with Crippen LogP contribution in [0.15, 0.2) is 66.9 Å². The second-order valence-electron chi connectivity index (χ2n) is 6.71. The minimum absolute atomic E-state index is 0. The molecule has 0 aliphatic carbocycles. The van der Waals surface area contributed by atoms with E-state index in [1.165, 1.54) is 11.8 Å². The third-order valence-corrected chi connectivity index (χ3v) is 4.68. The summed E-state index contributed by atoms with van der Waals surface area (Å²) >= 11 is 0. The van der Waals surface area contributed by atoms with Gasteiger partial charge in [-0.05, 0) is 23.8 Å². The molecule has 7 heteroatoms. The normalized spacial score (nSPS) is 14.9. The average molecular weight is 415 g/mol. The third kappa shape index (κ3) is 7.34. The molecule has 1 aliphatic heterocycles. The molecule has 154 valence electrons. The summed E-state index contributed by atoms with van der Waals surface area (Å²) in [5.41, 5.74) is 4.89. The van der Waals surface area contributed by atoms with Crippen molar-refractivity contribution < 1.29 is 10.0 Å². The number of rotatable bonds is 7. The molecular weight excluding hydrogens is 388 g/mol. The summed E-state index contributed by atoms with van der Waals surface area (Å²) in [5.74, 6) is 0.0240. The van der Waals surface area contributed by atoms with Gasteiger partial charge < -0.3 is 4.90 Å². The number of hydroxylamine groups is 1. The van der Waals surface area contributed by atoms with Crippen LogP contribution in [0.1, 0.15) is 17.0 Å². The Bertz CT molecular complexity index is 819. The monoisotopic (exact) mass is 414 g/mol. The van der Waals surface area contributed by atoms with Gasteiger partial charge in [0.25, 0.3) is 0 Å². The molecule has 0 radical (unpaired) electrons. The van der Waals surface area contributed by atoms with E-state index in [0.29, 0.717) is 6.42 Å². The van der Waals surface area contributed by atoms with Crippen molar-refractivity contribution in [2.75, 3.05) is 26.2 Å². The number of allylic oxidation sites excluding steroid dienone is 1. The quantitative estimate of drug-likeness (QED) is 0.538. The Kier molecular flexibility index (Phi) is 9.37. The standard InChI is InChI=1S/C22H26N4O2.ClH/c27-22(12-11-21-9-4-8-20(24-21)10-5-13-23-28)26-16-14-25(15-17-26)18-19-6-2-1-3-7-19;/h1-9,11-13,23,28H,10,14-18H2;1H/b12-11+,13-5+;. The van der Waals surface area contributed by atoms with Crippen molar-refractivity contribution in [2.24, 2.45) is 0 Å². The highest BCUT2D eigenvalue weighted by molar-refractivity contribution is 5.91. The lowest BCUT2D eigenvalue weighted by Crippen LogP contribution is -2.47. The lowest BCUT2D eigenvalue weighted by molar-refractivity contribution is -0.127. The van der Waals surface area contributed by atoms with Crippen LogP contribution in [-0.4, -0.2) is 52.1 Å². The number of hydrogen-bond donors (Lipinski definition) is 2. The van der Waals surface area contributed by atoms with E-state index in [1.807, 2.05) is 34.6 Å². The highest BCUT2D eigenvalue weighted by Crippen LogP contribution is 2.09. The lowest BCUT2D eigenvalue weighted by atomic mass is 10.2. The average Bonchev–Trinajstić information content (AvgIpc) is 2.74. The molecule has 6 nitrogen and oxygen atoms in total. The predicted molar refractivity (Wildman–Crippen MR) is 117 cm³/mol. The number of amides is 1. The Balaban J connectivity index is 0.00000300. The van der Waals surface area contributed by atoms with E-state index in [1.54, 1.807) is 18.2 Å². The van der Waals surface area contributed by atoms with Crippen molar-refractivity contribution in [3.05, 3.63) is 83.8 Å². The lowest BCUT2D eigenvalue weighted by Gasteiger charge is -2.34. The summed E-state index contributed by atoms with van der Waals surface area (Å²) in [6, 6.07) is 16.1. The SMILES string of the molecule is Cl.O=C(/C=C/c1cccc(C/C=C/NO)n1)N1CCN(Cc2ccccc2)CC1. The maximum Gasteiger partial charge on any atom is 0.246 e. The molecule has 1 aromatic carbocycles. The number of nitrogens with one attached hydrogen (secondary N) is 1. The maximum atomic E-state index is 12.5. The number of halogens is 1. The van der Waals surface area contributed by atoms with Gasteiger partial charge in [0.05, 0.1) is 5.69 Å². The van der Waals surface area contributed by atoms with E-state index in [0.717, 1.165) is 44.1 Å². The molecule has 0 spiro atoms. The largest absolute Gasteiger partial charge is 0.337 e. The summed E-state index contributed by atoms with van der Waals surface area (Å²) in [6.07, 6.45) is 7.19. The first-order valence-electron chi connectivity index (χ1n) is 9.48. The van der Waals surface area contributed by atoms with Crippen molar-refractivity contribution >= 4 is 24.4 Å². The fourth-order valence-electron chi connectivity index (χ4n) is 3.17. The first-order chi connectivity index (χ1) is 13.7. The van der Waals surface area contributed by atoms with E-state index in [4.69, 9.17) is 5.21 Å². The predicted octanol–water partition coefficient (Wildman–Crippen LogP) is 2.90. The van der Waals surface area contributed by atoms with Gasteiger partial charge in [0.2, 0.25) is 5.91 Å². The van der Waals surface area contributed by atoms with Gasteiger partial charge in [-0.3, -0.25) is 25.4 Å². The van der Waals surface area contributed by atoms with Crippen LogP contribution in [0.3, 0.4) is 0 Å². The number of piperazine rings is 1. The van der Waals surface area contributed by atoms with Gasteiger partial charge in [-0.1, -0.05) is 42.5 Å². The molecule has 0 unspecified atom stereocenters. The molecule has 0 bridgehead atoms. The smallest absolute Gasteiger partial charge is 0.246 e. The molecule has 1 aliphatic rings. The summed E-state index contributed by atoms with van der Waals surface area (Å²) < 4.78 is 0. The van der Waals surface area contributed by atoms with Gasteiger partial charge in [0.15, 0.2) is 0 Å². The van der Waals surface area contributed by atoms with Crippen LogP contribution in [0.4, 0.5) is 0 Å². The van der Waals surface area contributed by atoms with E-state index in [2.05, 4.69) is 34.1 Å². The first-order valence-corrected chi connectivity index (χ1v) is 9.48. The molecule has 2 aromatic rings. The van der Waals surface area contributed by atoms with Crippen molar-refractivity contribution in [1.82, 2.24) is 20.3 Å². The molecule has 2 N–H and O–H groups in total. The van der Waals surface area contributed by atoms with E-state index in [-0.39, 0.29) is 18.3 Å². The Hall–Kier alpha value is -2.67. The summed E-state index contributed by atoms with van der Waals surface area (Å²) in [7, 11) is 0. The highest BCUT2D eigenvalue weighted by Gasteiger charge is 2.19. The summed E-state index contributed by atoms with van der Waals surface area (Å²) in [4.78, 5) is 21.2. The summed E-state index contributed by atoms with van der Waals surface area (Å²) in [6.45, 7) is 4.17. The van der Waals surface area contributed by atoms with Gasteiger partial charge in [-0.15, -0.1) is 12.4 Å². The number of carbonyl (C=O) groups excluding carboxylic acids is 1. The van der Waals surface area contributed by atoms with Gasteiger partial charge in [0.1, 0.15) is 0 Å². The van der Waals surface area contributed by atoms with E-state index in [9.17, 15) is 4.79 Å². The summed E-state index contributed by atoms with van der Waals surface area (Å²) in [5, 5.41) is 8.54. The second kappa shape index (κ2) is 12.0. The Labute approximate surface area is 177 Å². The van der Waals surface area contributed by atoms with Crippen molar-refractivity contribution in [1.29, 1.82) is 0 Å². The number of aromatic nitrogens is 1. The molecule has 0 atom stereocenters. The molecule has 0 saturated carbocycles. The molecule has 29 heavy (non-hydrogen) atoms. The third-order valence-electron chi connectivity index (χ3n) is 4.68. The zero-order valence-electron chi connectivity index (χ0n) is 16.3. The van der Waals surface area contributed by atoms with Crippen molar-refractivity contribution in [2.45, 2.75) is 13.0 Å². The van der Waals surface area contributed by atoms with E-state index >= 15 is 0 Å².